The van der Waals surface area contributed by atoms with Crippen molar-refractivity contribution < 1.29 is 4.74 Å². The van der Waals surface area contributed by atoms with Gasteiger partial charge < -0.3 is 10.5 Å². The molecule has 1 aliphatic rings. The van der Waals surface area contributed by atoms with Crippen LogP contribution in [0.25, 0.3) is 0 Å². The average molecular weight is 235 g/mol. The molecule has 1 aromatic rings. The predicted octanol–water partition coefficient (Wildman–Crippen LogP) is 1.84. The Labute approximate surface area is 103 Å². The monoisotopic (exact) mass is 235 g/mol. The van der Waals surface area contributed by atoms with Crippen molar-refractivity contribution in [3.8, 4) is 5.88 Å². The van der Waals surface area contributed by atoms with E-state index in [1.54, 1.807) is 6.20 Å². The van der Waals surface area contributed by atoms with Crippen molar-refractivity contribution in [2.45, 2.75) is 26.2 Å². The quantitative estimate of drug-likeness (QED) is 0.865. The number of piperidine rings is 1. The number of ether oxygens (including phenoxy) is 1. The second kappa shape index (κ2) is 5.87. The van der Waals surface area contributed by atoms with Crippen LogP contribution in [0.1, 0.15) is 24.8 Å². The van der Waals surface area contributed by atoms with Gasteiger partial charge in [-0.2, -0.15) is 0 Å². The summed E-state index contributed by atoms with van der Waals surface area (Å²) in [5.74, 6) is 0.705. The number of nitrogen functional groups attached to an aromatic ring is 1. The first-order valence-electron chi connectivity index (χ1n) is 6.33. The fourth-order valence-corrected chi connectivity index (χ4v) is 2.19. The molecule has 1 aromatic heterocycles. The van der Waals surface area contributed by atoms with E-state index in [0.717, 1.165) is 12.1 Å². The minimum Gasteiger partial charge on any atom is -0.476 e. The van der Waals surface area contributed by atoms with Crippen molar-refractivity contribution in [2.24, 2.45) is 0 Å². The molecule has 1 aliphatic heterocycles. The number of likely N-dealkylation sites (tertiary alicyclic amines) is 1. The Bertz CT molecular complexity index is 362. The van der Waals surface area contributed by atoms with Crippen molar-refractivity contribution in [1.82, 2.24) is 9.88 Å². The summed E-state index contributed by atoms with van der Waals surface area (Å²) >= 11 is 0. The number of rotatable bonds is 4. The van der Waals surface area contributed by atoms with Crippen LogP contribution in [0.4, 0.5) is 5.69 Å². The Kier molecular flexibility index (Phi) is 4.20. The molecule has 0 radical (unpaired) electrons. The summed E-state index contributed by atoms with van der Waals surface area (Å²) in [5, 5.41) is 0. The van der Waals surface area contributed by atoms with Gasteiger partial charge in [0, 0.05) is 12.1 Å². The van der Waals surface area contributed by atoms with Crippen LogP contribution in [-0.2, 0) is 0 Å². The van der Waals surface area contributed by atoms with Crippen LogP contribution in [0, 0.1) is 6.92 Å². The lowest BCUT2D eigenvalue weighted by molar-refractivity contribution is 0.180. The van der Waals surface area contributed by atoms with Gasteiger partial charge in [0.05, 0.1) is 11.9 Å². The number of anilines is 1. The standard InChI is InChI=1S/C13H21N3O/c1-11-9-12(14)10-15-13(11)17-8-7-16-5-3-2-4-6-16/h9-10H,2-8,14H2,1H3. The molecule has 0 bridgehead atoms. The van der Waals surface area contributed by atoms with E-state index in [2.05, 4.69) is 9.88 Å². The van der Waals surface area contributed by atoms with Crippen LogP contribution in [0.3, 0.4) is 0 Å². The molecule has 2 rings (SSSR count). The van der Waals surface area contributed by atoms with Gasteiger partial charge in [-0.1, -0.05) is 6.42 Å². The second-order valence-corrected chi connectivity index (χ2v) is 4.64. The lowest BCUT2D eigenvalue weighted by atomic mass is 10.1. The highest BCUT2D eigenvalue weighted by Gasteiger charge is 2.10. The van der Waals surface area contributed by atoms with E-state index in [1.807, 2.05) is 13.0 Å². The van der Waals surface area contributed by atoms with Crippen molar-refractivity contribution in [2.75, 3.05) is 32.0 Å². The van der Waals surface area contributed by atoms with Gasteiger partial charge in [0.1, 0.15) is 6.61 Å². The number of aryl methyl sites for hydroxylation is 1. The largest absolute Gasteiger partial charge is 0.476 e. The molecule has 0 aromatic carbocycles. The van der Waals surface area contributed by atoms with Crippen LogP contribution >= 0.6 is 0 Å². The molecule has 2 N–H and O–H groups in total. The molecule has 0 saturated carbocycles. The number of nitrogens with two attached hydrogens (primary N) is 1. The maximum atomic E-state index is 5.69. The van der Waals surface area contributed by atoms with E-state index in [9.17, 15) is 0 Å². The lowest BCUT2D eigenvalue weighted by Gasteiger charge is -2.26. The Morgan fingerprint density at radius 3 is 2.82 bits per heavy atom. The molecule has 94 valence electrons. The molecular weight excluding hydrogens is 214 g/mol. The molecule has 17 heavy (non-hydrogen) atoms. The predicted molar refractivity (Wildman–Crippen MR) is 69.2 cm³/mol. The molecule has 1 fully saturated rings. The summed E-state index contributed by atoms with van der Waals surface area (Å²) in [6.45, 7) is 6.08. The first-order valence-corrected chi connectivity index (χ1v) is 6.33. The van der Waals surface area contributed by atoms with Gasteiger partial charge in [-0.15, -0.1) is 0 Å². The summed E-state index contributed by atoms with van der Waals surface area (Å²) in [5.41, 5.74) is 7.34. The third kappa shape index (κ3) is 3.60. The first kappa shape index (κ1) is 12.2. The number of pyridine rings is 1. The number of nitrogens with zero attached hydrogens (tertiary/aromatic N) is 2. The molecule has 4 heteroatoms. The number of hydrogen-bond donors (Lipinski definition) is 1. The van der Waals surface area contributed by atoms with Gasteiger partial charge in [0.25, 0.3) is 0 Å². The Hall–Kier alpha value is -1.29. The maximum Gasteiger partial charge on any atom is 0.216 e. The summed E-state index contributed by atoms with van der Waals surface area (Å²) in [6.07, 6.45) is 5.65. The summed E-state index contributed by atoms with van der Waals surface area (Å²) in [4.78, 5) is 6.65. The Morgan fingerprint density at radius 1 is 1.35 bits per heavy atom. The van der Waals surface area contributed by atoms with E-state index in [-0.39, 0.29) is 0 Å². The second-order valence-electron chi connectivity index (χ2n) is 4.64. The first-order chi connectivity index (χ1) is 8.25. The lowest BCUT2D eigenvalue weighted by Crippen LogP contribution is -2.33. The van der Waals surface area contributed by atoms with Crippen LogP contribution in [0.5, 0.6) is 5.88 Å². The minimum atomic E-state index is 0.686. The smallest absolute Gasteiger partial charge is 0.216 e. The van der Waals surface area contributed by atoms with Crippen LogP contribution in [-0.4, -0.2) is 36.1 Å². The summed E-state index contributed by atoms with van der Waals surface area (Å²) < 4.78 is 5.69. The van der Waals surface area contributed by atoms with Gasteiger partial charge in [-0.05, 0) is 38.9 Å². The highest BCUT2D eigenvalue weighted by molar-refractivity contribution is 5.41. The molecule has 0 spiro atoms. The Morgan fingerprint density at radius 2 is 2.12 bits per heavy atom. The van der Waals surface area contributed by atoms with E-state index in [4.69, 9.17) is 10.5 Å². The van der Waals surface area contributed by atoms with E-state index < -0.39 is 0 Å². The zero-order valence-electron chi connectivity index (χ0n) is 10.5. The third-order valence-electron chi connectivity index (χ3n) is 3.15. The fraction of sp³-hybridized carbons (Fsp3) is 0.615. The van der Waals surface area contributed by atoms with Crippen molar-refractivity contribution >= 4 is 5.69 Å². The fourth-order valence-electron chi connectivity index (χ4n) is 2.19. The van der Waals surface area contributed by atoms with Gasteiger partial charge in [0.2, 0.25) is 5.88 Å². The number of aromatic nitrogens is 1. The minimum absolute atomic E-state index is 0.686. The summed E-state index contributed by atoms with van der Waals surface area (Å²) in [7, 11) is 0. The van der Waals surface area contributed by atoms with Crippen molar-refractivity contribution in [3.63, 3.8) is 0 Å². The van der Waals surface area contributed by atoms with Crippen molar-refractivity contribution in [3.05, 3.63) is 17.8 Å². The van der Waals surface area contributed by atoms with E-state index >= 15 is 0 Å². The third-order valence-corrected chi connectivity index (χ3v) is 3.15. The normalized spacial score (nSPS) is 17.0. The van der Waals surface area contributed by atoms with E-state index in [1.165, 1.54) is 32.4 Å². The molecule has 4 nitrogen and oxygen atoms in total. The van der Waals surface area contributed by atoms with Crippen LogP contribution < -0.4 is 10.5 Å². The zero-order valence-corrected chi connectivity index (χ0v) is 10.5. The van der Waals surface area contributed by atoms with Crippen molar-refractivity contribution in [1.29, 1.82) is 0 Å². The summed E-state index contributed by atoms with van der Waals surface area (Å²) in [6, 6.07) is 1.89. The highest BCUT2D eigenvalue weighted by Crippen LogP contribution is 2.16. The molecule has 0 amide bonds. The van der Waals surface area contributed by atoms with Gasteiger partial charge in [0.15, 0.2) is 0 Å². The maximum absolute atomic E-state index is 5.69. The highest BCUT2D eigenvalue weighted by atomic mass is 16.5. The Balaban J connectivity index is 1.77. The van der Waals surface area contributed by atoms with Crippen LogP contribution in [0.2, 0.25) is 0 Å². The molecule has 0 aliphatic carbocycles. The number of hydrogen-bond acceptors (Lipinski definition) is 4. The van der Waals surface area contributed by atoms with Gasteiger partial charge in [-0.3, -0.25) is 4.90 Å². The average Bonchev–Trinajstić information content (AvgIpc) is 2.33. The molecule has 1 saturated heterocycles. The zero-order chi connectivity index (χ0) is 12.1. The van der Waals surface area contributed by atoms with Crippen LogP contribution in [0.15, 0.2) is 12.3 Å². The van der Waals surface area contributed by atoms with Gasteiger partial charge in [-0.25, -0.2) is 4.98 Å². The van der Waals surface area contributed by atoms with E-state index in [0.29, 0.717) is 18.2 Å². The SMILES string of the molecule is Cc1cc(N)cnc1OCCN1CCCCC1. The molecular formula is C13H21N3O. The topological polar surface area (TPSA) is 51.4 Å². The molecule has 2 heterocycles. The molecule has 0 unspecified atom stereocenters. The molecule has 0 atom stereocenters. The van der Waals surface area contributed by atoms with Gasteiger partial charge >= 0.3 is 0 Å².